The van der Waals surface area contributed by atoms with E-state index in [9.17, 15) is 9.59 Å². The number of methoxy groups -OCH3 is 1. The lowest BCUT2D eigenvalue weighted by atomic mass is 10.1. The van der Waals surface area contributed by atoms with Crippen molar-refractivity contribution in [3.63, 3.8) is 0 Å². The van der Waals surface area contributed by atoms with E-state index in [1.54, 1.807) is 40.7 Å². The highest BCUT2D eigenvalue weighted by atomic mass is 32.2. The molecule has 0 saturated carbocycles. The summed E-state index contributed by atoms with van der Waals surface area (Å²) in [4.78, 5) is 36.5. The van der Waals surface area contributed by atoms with Gasteiger partial charge in [0.25, 0.3) is 5.91 Å². The smallest absolute Gasteiger partial charge is 0.338 e. The molecule has 174 valence electrons. The summed E-state index contributed by atoms with van der Waals surface area (Å²) in [5, 5.41) is 9.08. The summed E-state index contributed by atoms with van der Waals surface area (Å²) >= 11 is 1.61. The molecule has 0 aliphatic carbocycles. The van der Waals surface area contributed by atoms with Gasteiger partial charge in [0.2, 0.25) is 0 Å². The topological polar surface area (TPSA) is 102 Å². The average molecular weight is 469 g/mol. The van der Waals surface area contributed by atoms with Crippen molar-refractivity contribution < 1.29 is 14.3 Å². The fraction of sp³-hybridized carbons (Fsp3) is 0.435. The number of hydrogen-bond donors (Lipinski definition) is 1. The second-order valence-corrected chi connectivity index (χ2v) is 8.94. The van der Waals surface area contributed by atoms with Gasteiger partial charge in [-0.25, -0.2) is 19.4 Å². The van der Waals surface area contributed by atoms with Crippen molar-refractivity contribution >= 4 is 40.5 Å². The lowest BCUT2D eigenvalue weighted by Gasteiger charge is -2.28. The Bertz CT molecular complexity index is 1140. The zero-order chi connectivity index (χ0) is 23.2. The van der Waals surface area contributed by atoms with Crippen molar-refractivity contribution in [3.05, 3.63) is 41.6 Å². The molecule has 1 aliphatic rings. The standard InChI is InChI=1S/C23H28N6O3S/c1-3-33-23-26-19(28-12-7-4-8-13-28)18-15-25-29(20(18)27-23)14-11-24-21(30)16-9-5-6-10-17(16)22(31)32-2/h5-6,9-10,15H,3-4,7-8,11-14H2,1-2H3,(H,24,30). The molecular weight excluding hydrogens is 440 g/mol. The number of thioether (sulfide) groups is 1. The normalized spacial score (nSPS) is 13.8. The van der Waals surface area contributed by atoms with Crippen LogP contribution in [0.3, 0.4) is 0 Å². The SMILES string of the molecule is CCSc1nc(N2CCCCC2)c2cnn(CCNC(=O)c3ccccc3C(=O)OC)c2n1. The van der Waals surface area contributed by atoms with Crippen molar-refractivity contribution in [1.82, 2.24) is 25.1 Å². The summed E-state index contributed by atoms with van der Waals surface area (Å²) in [5.41, 5.74) is 1.29. The number of benzene rings is 1. The van der Waals surface area contributed by atoms with Crippen molar-refractivity contribution in [2.24, 2.45) is 0 Å². The molecule has 3 heterocycles. The lowest BCUT2D eigenvalue weighted by Crippen LogP contribution is -2.30. The first-order chi connectivity index (χ1) is 16.1. The highest BCUT2D eigenvalue weighted by Crippen LogP contribution is 2.29. The van der Waals surface area contributed by atoms with Crippen LogP contribution in [0, 0.1) is 0 Å². The maximum Gasteiger partial charge on any atom is 0.338 e. The van der Waals surface area contributed by atoms with Gasteiger partial charge in [-0.3, -0.25) is 4.79 Å². The summed E-state index contributed by atoms with van der Waals surface area (Å²) in [7, 11) is 1.30. The van der Waals surface area contributed by atoms with E-state index in [4.69, 9.17) is 14.7 Å². The maximum atomic E-state index is 12.7. The van der Waals surface area contributed by atoms with Crippen LogP contribution >= 0.6 is 11.8 Å². The van der Waals surface area contributed by atoms with Crippen LogP contribution in [0.4, 0.5) is 5.82 Å². The molecular formula is C23H28N6O3S. The second-order valence-electron chi connectivity index (χ2n) is 7.71. The van der Waals surface area contributed by atoms with Crippen LogP contribution in [0.2, 0.25) is 0 Å². The molecule has 0 spiro atoms. The van der Waals surface area contributed by atoms with E-state index in [0.717, 1.165) is 53.7 Å². The number of amides is 1. The predicted molar refractivity (Wildman–Crippen MR) is 128 cm³/mol. The third-order valence-electron chi connectivity index (χ3n) is 5.57. The van der Waals surface area contributed by atoms with E-state index in [1.807, 2.05) is 6.20 Å². The first kappa shape index (κ1) is 23.0. The van der Waals surface area contributed by atoms with E-state index < -0.39 is 5.97 Å². The fourth-order valence-corrected chi connectivity index (χ4v) is 4.52. The van der Waals surface area contributed by atoms with Crippen LogP contribution in [0.25, 0.3) is 11.0 Å². The molecule has 1 amide bonds. The molecule has 1 aromatic carbocycles. The summed E-state index contributed by atoms with van der Waals surface area (Å²) in [6.45, 7) is 4.84. The zero-order valence-corrected chi connectivity index (χ0v) is 19.7. The fourth-order valence-electron chi connectivity index (χ4n) is 3.96. The zero-order valence-electron chi connectivity index (χ0n) is 18.9. The quantitative estimate of drug-likeness (QED) is 0.306. The first-order valence-electron chi connectivity index (χ1n) is 11.2. The molecule has 0 atom stereocenters. The molecule has 10 heteroatoms. The Morgan fingerprint density at radius 2 is 1.88 bits per heavy atom. The van der Waals surface area contributed by atoms with Gasteiger partial charge >= 0.3 is 5.97 Å². The van der Waals surface area contributed by atoms with Gasteiger partial charge in [0.05, 0.1) is 36.4 Å². The molecule has 1 aliphatic heterocycles. The Hall–Kier alpha value is -3.14. The number of hydrogen-bond acceptors (Lipinski definition) is 8. The van der Waals surface area contributed by atoms with E-state index >= 15 is 0 Å². The molecule has 33 heavy (non-hydrogen) atoms. The minimum absolute atomic E-state index is 0.238. The number of fused-ring (bicyclic) bond motifs is 1. The molecule has 9 nitrogen and oxygen atoms in total. The number of nitrogens with zero attached hydrogens (tertiary/aromatic N) is 5. The Labute approximate surface area is 196 Å². The Morgan fingerprint density at radius 3 is 2.61 bits per heavy atom. The van der Waals surface area contributed by atoms with Crippen LogP contribution in [0.15, 0.2) is 35.6 Å². The van der Waals surface area contributed by atoms with Gasteiger partial charge in [-0.2, -0.15) is 5.10 Å². The van der Waals surface area contributed by atoms with Gasteiger partial charge in [0.1, 0.15) is 5.82 Å². The molecule has 0 unspecified atom stereocenters. The summed E-state index contributed by atoms with van der Waals surface area (Å²) in [6, 6.07) is 6.60. The number of nitrogens with one attached hydrogen (secondary N) is 1. The van der Waals surface area contributed by atoms with Crippen LogP contribution in [0.1, 0.15) is 46.9 Å². The monoisotopic (exact) mass is 468 g/mol. The lowest BCUT2D eigenvalue weighted by molar-refractivity contribution is 0.0596. The van der Waals surface area contributed by atoms with E-state index in [2.05, 4.69) is 22.2 Å². The number of esters is 1. The molecule has 3 aromatic rings. The Balaban J connectivity index is 1.52. The highest BCUT2D eigenvalue weighted by molar-refractivity contribution is 7.99. The number of carbonyl (C=O) groups excluding carboxylic acids is 2. The maximum absolute atomic E-state index is 12.7. The molecule has 4 rings (SSSR count). The van der Waals surface area contributed by atoms with E-state index in [-0.39, 0.29) is 17.0 Å². The van der Waals surface area contributed by atoms with Gasteiger partial charge in [-0.05, 0) is 37.1 Å². The van der Waals surface area contributed by atoms with Gasteiger partial charge in [-0.1, -0.05) is 30.8 Å². The van der Waals surface area contributed by atoms with E-state index in [1.165, 1.54) is 13.5 Å². The van der Waals surface area contributed by atoms with Crippen LogP contribution in [-0.4, -0.2) is 64.1 Å². The van der Waals surface area contributed by atoms with Gasteiger partial charge in [0, 0.05) is 19.6 Å². The predicted octanol–water partition coefficient (Wildman–Crippen LogP) is 3.15. The molecule has 2 aromatic heterocycles. The third-order valence-corrected chi connectivity index (χ3v) is 6.30. The highest BCUT2D eigenvalue weighted by Gasteiger charge is 2.20. The Kier molecular flexibility index (Phi) is 7.43. The number of aromatic nitrogens is 4. The van der Waals surface area contributed by atoms with Crippen molar-refractivity contribution in [2.75, 3.05) is 37.4 Å². The number of rotatable bonds is 8. The van der Waals surface area contributed by atoms with Crippen molar-refractivity contribution in [3.8, 4) is 0 Å². The summed E-state index contributed by atoms with van der Waals surface area (Å²) in [5.74, 6) is 0.951. The van der Waals surface area contributed by atoms with Crippen LogP contribution < -0.4 is 10.2 Å². The molecule has 1 fully saturated rings. The van der Waals surface area contributed by atoms with Crippen molar-refractivity contribution in [2.45, 2.75) is 37.9 Å². The third kappa shape index (κ3) is 5.11. The minimum atomic E-state index is -0.540. The molecule has 0 bridgehead atoms. The molecule has 1 N–H and O–H groups in total. The van der Waals surface area contributed by atoms with Crippen molar-refractivity contribution in [1.29, 1.82) is 0 Å². The van der Waals surface area contributed by atoms with Crippen LogP contribution in [0.5, 0.6) is 0 Å². The number of anilines is 1. The molecule has 0 radical (unpaired) electrons. The Morgan fingerprint density at radius 1 is 1.12 bits per heavy atom. The number of piperidine rings is 1. The van der Waals surface area contributed by atoms with Gasteiger partial charge < -0.3 is 15.0 Å². The van der Waals surface area contributed by atoms with Gasteiger partial charge in [-0.15, -0.1) is 0 Å². The summed E-state index contributed by atoms with van der Waals surface area (Å²) in [6.07, 6.45) is 5.39. The molecule has 1 saturated heterocycles. The average Bonchev–Trinajstić information content (AvgIpc) is 3.26. The van der Waals surface area contributed by atoms with Gasteiger partial charge in [0.15, 0.2) is 10.8 Å². The van der Waals surface area contributed by atoms with E-state index in [0.29, 0.717) is 13.1 Å². The number of carbonyl (C=O) groups is 2. The number of ether oxygens (including phenoxy) is 1. The summed E-state index contributed by atoms with van der Waals surface area (Å²) < 4.78 is 6.58. The minimum Gasteiger partial charge on any atom is -0.465 e. The second kappa shape index (κ2) is 10.7. The van der Waals surface area contributed by atoms with Crippen LogP contribution in [-0.2, 0) is 11.3 Å². The largest absolute Gasteiger partial charge is 0.465 e. The first-order valence-corrected chi connectivity index (χ1v) is 12.2.